The summed E-state index contributed by atoms with van der Waals surface area (Å²) in [7, 11) is -3.17. The van der Waals surface area contributed by atoms with Gasteiger partial charge in [-0.3, -0.25) is 4.79 Å². The molecule has 0 aliphatic carbocycles. The first-order chi connectivity index (χ1) is 16.3. The van der Waals surface area contributed by atoms with Crippen LogP contribution >= 0.6 is 0 Å². The van der Waals surface area contributed by atoms with Crippen molar-refractivity contribution in [2.75, 3.05) is 29.5 Å². The average molecular weight is 485 g/mol. The van der Waals surface area contributed by atoms with Crippen molar-refractivity contribution < 1.29 is 22.0 Å². The van der Waals surface area contributed by atoms with Gasteiger partial charge in [-0.25, -0.2) is 8.42 Å². The summed E-state index contributed by atoms with van der Waals surface area (Å²) in [6.45, 7) is 6.13. The lowest BCUT2D eigenvalue weighted by Crippen LogP contribution is -2.40. The van der Waals surface area contributed by atoms with Crippen LogP contribution in [0.5, 0.6) is 0 Å². The molecule has 0 bridgehead atoms. The minimum atomic E-state index is -3.17. The second kappa shape index (κ2) is 9.13. The zero-order chi connectivity index (χ0) is 23.9. The molecule has 34 heavy (non-hydrogen) atoms. The molecule has 2 aromatic heterocycles. The predicted octanol–water partition coefficient (Wildman–Crippen LogP) is 4.72. The third-order valence-electron chi connectivity index (χ3n) is 7.15. The highest BCUT2D eigenvalue weighted by Gasteiger charge is 2.37. The number of hydrogen-bond acceptors (Lipinski definition) is 6. The minimum Gasteiger partial charge on any atom is -0.451 e. The number of aryl methyl sites for hydroxylation is 2. The highest BCUT2D eigenvalue weighted by molar-refractivity contribution is 7.91. The van der Waals surface area contributed by atoms with E-state index in [1.165, 1.54) is 12.0 Å². The number of anilines is 1. The number of carbonyl (C=O) groups is 1. The number of carbonyl (C=O) groups excluding carboxylic acids is 1. The Morgan fingerprint density at radius 1 is 1.12 bits per heavy atom. The summed E-state index contributed by atoms with van der Waals surface area (Å²) >= 11 is 0. The van der Waals surface area contributed by atoms with Crippen molar-refractivity contribution in [2.24, 2.45) is 0 Å². The number of furan rings is 2. The zero-order valence-electron chi connectivity index (χ0n) is 19.9. The van der Waals surface area contributed by atoms with E-state index in [1.807, 2.05) is 31.2 Å². The van der Waals surface area contributed by atoms with E-state index in [1.54, 1.807) is 4.90 Å². The van der Waals surface area contributed by atoms with Crippen molar-refractivity contribution >= 4 is 32.6 Å². The van der Waals surface area contributed by atoms with Crippen molar-refractivity contribution in [3.05, 3.63) is 53.0 Å². The van der Waals surface area contributed by atoms with Crippen LogP contribution in [0.3, 0.4) is 0 Å². The molecule has 7 nitrogen and oxygen atoms in total. The van der Waals surface area contributed by atoms with E-state index in [2.05, 4.69) is 17.9 Å². The molecule has 1 unspecified atom stereocenters. The van der Waals surface area contributed by atoms with Crippen LogP contribution in [0.1, 0.15) is 60.0 Å². The van der Waals surface area contributed by atoms with Gasteiger partial charge in [0.1, 0.15) is 11.3 Å². The zero-order valence-corrected chi connectivity index (χ0v) is 20.7. The second-order valence-electron chi connectivity index (χ2n) is 9.52. The molecule has 0 radical (unpaired) electrons. The fourth-order valence-electron chi connectivity index (χ4n) is 5.11. The first-order valence-electron chi connectivity index (χ1n) is 12.2. The van der Waals surface area contributed by atoms with E-state index in [-0.39, 0.29) is 29.7 Å². The maximum Gasteiger partial charge on any atom is 0.290 e. The summed E-state index contributed by atoms with van der Waals surface area (Å²) in [6, 6.07) is 9.41. The molecule has 2 aliphatic rings. The van der Waals surface area contributed by atoms with Gasteiger partial charge in [0.25, 0.3) is 5.91 Å². The molecule has 1 atom stereocenters. The maximum atomic E-state index is 13.8. The third-order valence-corrected chi connectivity index (χ3v) is 8.90. The topological polar surface area (TPSA) is 84.0 Å². The quantitative estimate of drug-likeness (QED) is 0.504. The molecule has 2 fully saturated rings. The summed E-state index contributed by atoms with van der Waals surface area (Å²) in [4.78, 5) is 17.6. The Morgan fingerprint density at radius 3 is 2.62 bits per heavy atom. The molecular formula is C26H32N2O5S. The van der Waals surface area contributed by atoms with Crippen molar-refractivity contribution in [2.45, 2.75) is 58.5 Å². The SMILES string of the molecule is CCc1ccc2oc(C(=O)N(Cc3ccc(N4CCCCC4)o3)C3CCS(=O)(=O)C3)c(C)c2c1. The lowest BCUT2D eigenvalue weighted by atomic mass is 10.1. The first kappa shape index (κ1) is 23.0. The van der Waals surface area contributed by atoms with Crippen LogP contribution in [0.25, 0.3) is 11.0 Å². The summed E-state index contributed by atoms with van der Waals surface area (Å²) in [5.41, 5.74) is 2.63. The van der Waals surface area contributed by atoms with Crippen LogP contribution in [0.2, 0.25) is 0 Å². The van der Waals surface area contributed by atoms with Gasteiger partial charge in [0.05, 0.1) is 18.1 Å². The van der Waals surface area contributed by atoms with Crippen molar-refractivity contribution in [1.29, 1.82) is 0 Å². The van der Waals surface area contributed by atoms with Gasteiger partial charge < -0.3 is 18.6 Å². The Labute approximate surface area is 200 Å². The number of piperidine rings is 1. The van der Waals surface area contributed by atoms with Crippen LogP contribution in [-0.2, 0) is 22.8 Å². The Kier molecular flexibility index (Phi) is 6.18. The van der Waals surface area contributed by atoms with E-state index >= 15 is 0 Å². The molecule has 182 valence electrons. The number of benzene rings is 1. The summed E-state index contributed by atoms with van der Waals surface area (Å²) in [5, 5.41) is 0.923. The Hall–Kier alpha value is -2.74. The van der Waals surface area contributed by atoms with Gasteiger partial charge in [0, 0.05) is 36.1 Å². The monoisotopic (exact) mass is 484 g/mol. The molecule has 0 saturated carbocycles. The maximum absolute atomic E-state index is 13.8. The van der Waals surface area contributed by atoms with E-state index in [0.29, 0.717) is 17.8 Å². The smallest absolute Gasteiger partial charge is 0.290 e. The van der Waals surface area contributed by atoms with Crippen molar-refractivity contribution in [3.8, 4) is 0 Å². The molecule has 1 aromatic carbocycles. The van der Waals surface area contributed by atoms with Crippen LogP contribution in [0, 0.1) is 6.92 Å². The molecule has 0 N–H and O–H groups in total. The van der Waals surface area contributed by atoms with Gasteiger partial charge in [-0.2, -0.15) is 0 Å². The second-order valence-corrected chi connectivity index (χ2v) is 11.7. The van der Waals surface area contributed by atoms with Gasteiger partial charge in [-0.05, 0) is 62.8 Å². The number of rotatable bonds is 6. The van der Waals surface area contributed by atoms with Crippen molar-refractivity contribution in [3.63, 3.8) is 0 Å². The van der Waals surface area contributed by atoms with E-state index in [9.17, 15) is 13.2 Å². The van der Waals surface area contributed by atoms with Gasteiger partial charge in [-0.1, -0.05) is 13.0 Å². The highest BCUT2D eigenvalue weighted by atomic mass is 32.2. The average Bonchev–Trinajstić information content (AvgIpc) is 3.54. The highest BCUT2D eigenvalue weighted by Crippen LogP contribution is 2.31. The number of fused-ring (bicyclic) bond motifs is 1. The van der Waals surface area contributed by atoms with Crippen LogP contribution < -0.4 is 4.90 Å². The molecule has 2 aliphatic heterocycles. The molecule has 5 rings (SSSR count). The van der Waals surface area contributed by atoms with Crippen LogP contribution in [0.15, 0.2) is 39.2 Å². The fourth-order valence-corrected chi connectivity index (χ4v) is 6.84. The number of hydrogen-bond donors (Lipinski definition) is 0. The summed E-state index contributed by atoms with van der Waals surface area (Å²) in [6.07, 6.45) is 4.84. The largest absolute Gasteiger partial charge is 0.451 e. The van der Waals surface area contributed by atoms with Crippen LogP contribution in [0.4, 0.5) is 5.88 Å². The van der Waals surface area contributed by atoms with Crippen molar-refractivity contribution in [1.82, 2.24) is 4.90 Å². The van der Waals surface area contributed by atoms with Crippen LogP contribution in [-0.4, -0.2) is 49.9 Å². The summed E-state index contributed by atoms with van der Waals surface area (Å²) < 4.78 is 36.6. The Balaban J connectivity index is 1.46. The van der Waals surface area contributed by atoms with E-state index in [4.69, 9.17) is 8.83 Å². The Bertz CT molecular complexity index is 1300. The van der Waals surface area contributed by atoms with Gasteiger partial charge in [-0.15, -0.1) is 0 Å². The number of nitrogens with zero attached hydrogens (tertiary/aromatic N) is 2. The number of amides is 1. The van der Waals surface area contributed by atoms with Gasteiger partial charge >= 0.3 is 0 Å². The Morgan fingerprint density at radius 2 is 1.91 bits per heavy atom. The first-order valence-corrected chi connectivity index (χ1v) is 14.0. The summed E-state index contributed by atoms with van der Waals surface area (Å²) in [5.74, 6) is 1.52. The minimum absolute atomic E-state index is 0.0301. The van der Waals surface area contributed by atoms with Gasteiger partial charge in [0.2, 0.25) is 0 Å². The molecule has 3 aromatic rings. The fraction of sp³-hybridized carbons (Fsp3) is 0.500. The molecular weight excluding hydrogens is 452 g/mol. The molecule has 0 spiro atoms. The van der Waals surface area contributed by atoms with E-state index in [0.717, 1.165) is 49.2 Å². The predicted molar refractivity (Wildman–Crippen MR) is 132 cm³/mol. The van der Waals surface area contributed by atoms with E-state index < -0.39 is 15.9 Å². The molecule has 2 saturated heterocycles. The number of sulfone groups is 1. The molecule has 4 heterocycles. The third kappa shape index (κ3) is 4.48. The molecule has 1 amide bonds. The lowest BCUT2D eigenvalue weighted by Gasteiger charge is -2.27. The standard InChI is InChI=1S/C26H32N2O5S/c1-3-19-7-9-23-22(15-19)18(2)25(33-23)26(29)28(20-11-14-34(30,31)17-20)16-21-8-10-24(32-21)27-12-5-4-6-13-27/h7-10,15,20H,3-6,11-14,16-17H2,1-2H3. The normalized spacial score (nSPS) is 20.2. The molecule has 8 heteroatoms. The van der Waals surface area contributed by atoms with Gasteiger partial charge in [0.15, 0.2) is 21.5 Å². The lowest BCUT2D eigenvalue weighted by molar-refractivity contribution is 0.0635.